The van der Waals surface area contributed by atoms with E-state index in [2.05, 4.69) is 11.4 Å². The smallest absolute Gasteiger partial charge is 0.328 e. The lowest BCUT2D eigenvalue weighted by Crippen LogP contribution is -2.44. The summed E-state index contributed by atoms with van der Waals surface area (Å²) in [5.41, 5.74) is 1.65. The van der Waals surface area contributed by atoms with E-state index in [1.54, 1.807) is 6.92 Å². The summed E-state index contributed by atoms with van der Waals surface area (Å²) in [5.74, 6) is -1.79. The summed E-state index contributed by atoms with van der Waals surface area (Å²) in [7, 11) is 1.27. The van der Waals surface area contributed by atoms with Crippen LogP contribution in [0.15, 0.2) is 60.7 Å². The third-order valence-corrected chi connectivity index (χ3v) is 4.14. The van der Waals surface area contributed by atoms with Crippen LogP contribution in [0, 0.1) is 17.2 Å². The molecule has 26 heavy (non-hydrogen) atoms. The van der Waals surface area contributed by atoms with Crippen molar-refractivity contribution >= 4 is 11.9 Å². The van der Waals surface area contributed by atoms with E-state index < -0.39 is 17.9 Å². The van der Waals surface area contributed by atoms with Gasteiger partial charge in [0.2, 0.25) is 5.91 Å². The van der Waals surface area contributed by atoms with Gasteiger partial charge in [0.15, 0.2) is 0 Å². The highest BCUT2D eigenvalue weighted by molar-refractivity contribution is 5.91. The number of methoxy groups -OCH3 is 1. The number of nitrogens with zero attached hydrogens (tertiary/aromatic N) is 1. The maximum absolute atomic E-state index is 13.0. The minimum absolute atomic E-state index is 0.200. The Morgan fingerprint density at radius 2 is 1.54 bits per heavy atom. The molecular formula is C21H22N2O3. The Hall–Kier alpha value is -3.13. The van der Waals surface area contributed by atoms with Crippen LogP contribution >= 0.6 is 0 Å². The highest BCUT2D eigenvalue weighted by Gasteiger charge is 2.29. The molecule has 2 atom stereocenters. The molecule has 0 aromatic heterocycles. The molecule has 0 heterocycles. The second-order valence-corrected chi connectivity index (χ2v) is 6.10. The molecule has 0 aliphatic heterocycles. The summed E-state index contributed by atoms with van der Waals surface area (Å²) in [6, 6.07) is 20.0. The third-order valence-electron chi connectivity index (χ3n) is 4.14. The highest BCUT2D eigenvalue weighted by Crippen LogP contribution is 2.25. The Balaban J connectivity index is 2.31. The van der Waals surface area contributed by atoms with E-state index >= 15 is 0 Å². The quantitative estimate of drug-likeness (QED) is 0.779. The molecule has 0 spiro atoms. The Kier molecular flexibility index (Phi) is 6.92. The van der Waals surface area contributed by atoms with E-state index in [1.165, 1.54) is 7.11 Å². The lowest BCUT2D eigenvalue weighted by molar-refractivity contribution is -0.145. The summed E-state index contributed by atoms with van der Waals surface area (Å²) >= 11 is 0. The normalized spacial score (nSPS) is 12.7. The molecule has 1 N–H and O–H groups in total. The fourth-order valence-corrected chi connectivity index (χ4v) is 2.80. The van der Waals surface area contributed by atoms with Crippen molar-refractivity contribution in [1.82, 2.24) is 5.32 Å². The van der Waals surface area contributed by atoms with Gasteiger partial charge in [-0.05, 0) is 24.5 Å². The second kappa shape index (κ2) is 9.38. The molecule has 0 saturated heterocycles. The van der Waals surface area contributed by atoms with Crippen molar-refractivity contribution in [2.75, 3.05) is 7.11 Å². The molecule has 2 rings (SSSR count). The van der Waals surface area contributed by atoms with E-state index in [0.717, 1.165) is 11.1 Å². The summed E-state index contributed by atoms with van der Waals surface area (Å²) in [5, 5.41) is 11.8. The van der Waals surface area contributed by atoms with Crippen LogP contribution in [0.2, 0.25) is 0 Å². The minimum Gasteiger partial charge on any atom is -0.467 e. The predicted molar refractivity (Wildman–Crippen MR) is 98.1 cm³/mol. The number of ether oxygens (including phenoxy) is 1. The maximum atomic E-state index is 13.0. The van der Waals surface area contributed by atoms with Crippen LogP contribution in [0.5, 0.6) is 0 Å². The molecule has 0 fully saturated rings. The second-order valence-electron chi connectivity index (χ2n) is 6.10. The van der Waals surface area contributed by atoms with Crippen LogP contribution in [0.3, 0.4) is 0 Å². The number of carbonyl (C=O) groups is 2. The Labute approximate surface area is 153 Å². The largest absolute Gasteiger partial charge is 0.467 e. The number of hydrogen-bond acceptors (Lipinski definition) is 4. The average molecular weight is 350 g/mol. The van der Waals surface area contributed by atoms with Crippen molar-refractivity contribution in [1.29, 1.82) is 5.26 Å². The Bertz CT molecular complexity index is 729. The average Bonchev–Trinajstić information content (AvgIpc) is 2.68. The van der Waals surface area contributed by atoms with Crippen molar-refractivity contribution in [3.8, 4) is 6.07 Å². The fraction of sp³-hybridized carbons (Fsp3) is 0.286. The molecule has 5 heteroatoms. The first-order valence-corrected chi connectivity index (χ1v) is 8.44. The molecule has 0 saturated carbocycles. The molecule has 0 aliphatic rings. The van der Waals surface area contributed by atoms with Gasteiger partial charge in [-0.15, -0.1) is 0 Å². The zero-order valence-corrected chi connectivity index (χ0v) is 14.9. The van der Waals surface area contributed by atoms with E-state index in [1.807, 2.05) is 60.7 Å². The first kappa shape index (κ1) is 19.2. The number of benzene rings is 2. The van der Waals surface area contributed by atoms with Gasteiger partial charge in [-0.3, -0.25) is 4.79 Å². The third kappa shape index (κ3) is 4.93. The molecule has 2 aromatic carbocycles. The van der Waals surface area contributed by atoms with E-state index in [0.29, 0.717) is 0 Å². The molecule has 5 nitrogen and oxygen atoms in total. The Morgan fingerprint density at radius 3 is 1.96 bits per heavy atom. The summed E-state index contributed by atoms with van der Waals surface area (Å²) in [6.07, 6.45) is 0.200. The van der Waals surface area contributed by atoms with Crippen LogP contribution in [0.1, 0.15) is 30.4 Å². The van der Waals surface area contributed by atoms with Crippen molar-refractivity contribution in [3.05, 3.63) is 71.8 Å². The zero-order chi connectivity index (χ0) is 18.9. The number of nitrogens with one attached hydrogen (secondary N) is 1. The number of esters is 1. The molecule has 0 bridgehead atoms. The Morgan fingerprint density at radius 1 is 1.04 bits per heavy atom. The van der Waals surface area contributed by atoms with Gasteiger partial charge in [0, 0.05) is 5.92 Å². The van der Waals surface area contributed by atoms with Crippen LogP contribution in [0.25, 0.3) is 0 Å². The van der Waals surface area contributed by atoms with Crippen LogP contribution in [-0.4, -0.2) is 25.0 Å². The van der Waals surface area contributed by atoms with Crippen molar-refractivity contribution in [3.63, 3.8) is 0 Å². The maximum Gasteiger partial charge on any atom is 0.328 e. The number of amides is 1. The monoisotopic (exact) mass is 350 g/mol. The molecule has 1 amide bonds. The first-order chi connectivity index (χ1) is 12.6. The van der Waals surface area contributed by atoms with E-state index in [4.69, 9.17) is 10.00 Å². The van der Waals surface area contributed by atoms with Gasteiger partial charge >= 0.3 is 5.97 Å². The van der Waals surface area contributed by atoms with Crippen LogP contribution < -0.4 is 5.32 Å². The van der Waals surface area contributed by atoms with E-state index in [-0.39, 0.29) is 18.2 Å². The predicted octanol–water partition coefficient (Wildman–Crippen LogP) is 3.03. The lowest BCUT2D eigenvalue weighted by atomic mass is 9.90. The minimum atomic E-state index is -0.864. The number of carbonyl (C=O) groups excluding carboxylic acids is 2. The van der Waals surface area contributed by atoms with Crippen LogP contribution in [-0.2, 0) is 14.3 Å². The zero-order valence-electron chi connectivity index (χ0n) is 14.9. The van der Waals surface area contributed by atoms with Crippen molar-refractivity contribution in [2.24, 2.45) is 5.92 Å². The summed E-state index contributed by atoms with van der Waals surface area (Å²) in [6.45, 7) is 1.70. The van der Waals surface area contributed by atoms with Gasteiger partial charge in [-0.2, -0.15) is 5.26 Å². The van der Waals surface area contributed by atoms with Crippen LogP contribution in [0.4, 0.5) is 0 Å². The topological polar surface area (TPSA) is 79.2 Å². The molecule has 0 radical (unpaired) electrons. The molecule has 0 aliphatic carbocycles. The van der Waals surface area contributed by atoms with Crippen molar-refractivity contribution < 1.29 is 14.3 Å². The van der Waals surface area contributed by atoms with E-state index in [9.17, 15) is 9.59 Å². The number of rotatable bonds is 7. The summed E-state index contributed by atoms with van der Waals surface area (Å²) in [4.78, 5) is 25.1. The standard InChI is InChI=1S/C21H22N2O3/c1-15(14-22)13-18(21(25)26-2)23-20(24)19(16-9-5-3-6-10-16)17-11-7-4-8-12-17/h3-12,15,18-19H,13H2,1-2H3,(H,23,24)/t15-,18-/m0/s1. The molecule has 134 valence electrons. The van der Waals surface area contributed by atoms with Gasteiger partial charge < -0.3 is 10.1 Å². The van der Waals surface area contributed by atoms with Gasteiger partial charge in [0.05, 0.1) is 19.1 Å². The molecule has 0 unspecified atom stereocenters. The molecular weight excluding hydrogens is 328 g/mol. The van der Waals surface area contributed by atoms with Gasteiger partial charge in [0.25, 0.3) is 0 Å². The molecule has 2 aromatic rings. The van der Waals surface area contributed by atoms with Gasteiger partial charge in [-0.1, -0.05) is 60.7 Å². The van der Waals surface area contributed by atoms with Gasteiger partial charge in [-0.25, -0.2) is 4.79 Å². The number of nitriles is 1. The van der Waals surface area contributed by atoms with Gasteiger partial charge in [0.1, 0.15) is 6.04 Å². The fourth-order valence-electron chi connectivity index (χ4n) is 2.80. The summed E-state index contributed by atoms with van der Waals surface area (Å²) < 4.78 is 4.79. The van der Waals surface area contributed by atoms with Crippen molar-refractivity contribution in [2.45, 2.75) is 25.3 Å². The highest BCUT2D eigenvalue weighted by atomic mass is 16.5. The first-order valence-electron chi connectivity index (χ1n) is 8.44. The SMILES string of the molecule is COC(=O)[C@H](C[C@H](C)C#N)NC(=O)C(c1ccccc1)c1ccccc1. The number of hydrogen-bond donors (Lipinski definition) is 1. The lowest BCUT2D eigenvalue weighted by Gasteiger charge is -2.22.